The maximum absolute atomic E-state index is 12.2. The summed E-state index contributed by atoms with van der Waals surface area (Å²) in [5.74, 6) is -1.04. The normalized spacial score (nSPS) is 11.1. The molecular weight excluding hydrogens is 392 g/mol. The van der Waals surface area contributed by atoms with Crippen LogP contribution < -0.4 is 10.9 Å². The van der Waals surface area contributed by atoms with E-state index in [1.54, 1.807) is 22.7 Å². The first-order valence-electron chi connectivity index (χ1n) is 8.63. The molecule has 4 aromatic rings. The number of aromatic amines is 1. The summed E-state index contributed by atoms with van der Waals surface area (Å²) in [5.41, 5.74) is 7.59. The molecule has 1 aromatic carbocycles. The predicted molar refractivity (Wildman–Crippen MR) is 109 cm³/mol. The molecule has 0 atom stereocenters. The van der Waals surface area contributed by atoms with Crippen LogP contribution in [0.5, 0.6) is 0 Å². The fraction of sp³-hybridized carbons (Fsp3) is 0. The van der Waals surface area contributed by atoms with E-state index in [1.807, 2.05) is 42.5 Å². The van der Waals surface area contributed by atoms with Crippen molar-refractivity contribution in [2.24, 2.45) is 0 Å². The van der Waals surface area contributed by atoms with Crippen LogP contribution >= 0.6 is 11.6 Å². The molecule has 144 valence electrons. The number of rotatable bonds is 4. The number of H-pyrrole nitrogens is 1. The number of hydrogen-bond donors (Lipinski definition) is 3. The lowest BCUT2D eigenvalue weighted by atomic mass is 10.1. The van der Waals surface area contributed by atoms with E-state index in [-0.39, 0.29) is 10.8 Å². The number of benzene rings is 1. The van der Waals surface area contributed by atoms with Crippen LogP contribution in [-0.4, -0.2) is 31.4 Å². The molecule has 2 amide bonds. The Labute approximate surface area is 170 Å². The van der Waals surface area contributed by atoms with Gasteiger partial charge in [-0.25, -0.2) is 4.98 Å². The van der Waals surface area contributed by atoms with Gasteiger partial charge in [0.05, 0.1) is 11.4 Å². The van der Waals surface area contributed by atoms with Crippen molar-refractivity contribution in [2.75, 3.05) is 0 Å². The molecule has 0 unspecified atom stereocenters. The van der Waals surface area contributed by atoms with Crippen molar-refractivity contribution in [2.45, 2.75) is 0 Å². The average molecular weight is 407 g/mol. The van der Waals surface area contributed by atoms with Crippen LogP contribution in [0.25, 0.3) is 23.0 Å². The predicted octanol–water partition coefficient (Wildman–Crippen LogP) is 2.85. The van der Waals surface area contributed by atoms with Gasteiger partial charge in [-0.3, -0.25) is 29.9 Å². The first-order valence-corrected chi connectivity index (χ1v) is 9.01. The Morgan fingerprint density at radius 3 is 2.69 bits per heavy atom. The lowest BCUT2D eigenvalue weighted by Crippen LogP contribution is -2.40. The number of hydrazine groups is 1. The number of aromatic nitrogens is 4. The molecule has 0 saturated heterocycles. The van der Waals surface area contributed by atoms with Gasteiger partial charge < -0.3 is 0 Å². The molecule has 9 heteroatoms. The van der Waals surface area contributed by atoms with Crippen molar-refractivity contribution < 1.29 is 9.59 Å². The van der Waals surface area contributed by atoms with Crippen molar-refractivity contribution in [1.29, 1.82) is 0 Å². The van der Waals surface area contributed by atoms with Gasteiger partial charge in [0.2, 0.25) is 0 Å². The molecule has 0 aliphatic rings. The summed E-state index contributed by atoms with van der Waals surface area (Å²) in [6.45, 7) is 0. The molecule has 0 fully saturated rings. The third kappa shape index (κ3) is 4.02. The number of fused-ring (bicyclic) bond motifs is 1. The van der Waals surface area contributed by atoms with Crippen LogP contribution in [0.1, 0.15) is 16.2 Å². The average Bonchev–Trinajstić information content (AvgIpc) is 3.35. The first-order chi connectivity index (χ1) is 14.1. The van der Waals surface area contributed by atoms with Crippen molar-refractivity contribution in [3.8, 4) is 11.3 Å². The highest BCUT2D eigenvalue weighted by atomic mass is 35.5. The molecular formula is C20H15ClN6O2. The van der Waals surface area contributed by atoms with Gasteiger partial charge in [0.15, 0.2) is 5.15 Å². The Hall–Kier alpha value is -3.91. The molecule has 0 spiro atoms. The largest absolute Gasteiger partial charge is 0.299 e. The Morgan fingerprint density at radius 2 is 1.86 bits per heavy atom. The van der Waals surface area contributed by atoms with Crippen LogP contribution in [-0.2, 0) is 4.79 Å². The van der Waals surface area contributed by atoms with Crippen LogP contribution in [0.2, 0.25) is 5.15 Å². The molecule has 0 bridgehead atoms. The molecule has 3 aromatic heterocycles. The molecule has 29 heavy (non-hydrogen) atoms. The molecule has 0 aliphatic heterocycles. The van der Waals surface area contributed by atoms with E-state index in [0.29, 0.717) is 17.0 Å². The fourth-order valence-electron chi connectivity index (χ4n) is 2.71. The number of carbonyl (C=O) groups excluding carboxylic acids is 2. The summed E-state index contributed by atoms with van der Waals surface area (Å²) in [6, 6.07) is 16.5. The maximum atomic E-state index is 12.2. The Balaban J connectivity index is 1.38. The molecule has 3 heterocycles. The minimum absolute atomic E-state index is 0.220. The van der Waals surface area contributed by atoms with Gasteiger partial charge in [0.1, 0.15) is 11.3 Å². The van der Waals surface area contributed by atoms with E-state index in [1.165, 1.54) is 12.2 Å². The zero-order chi connectivity index (χ0) is 20.2. The monoisotopic (exact) mass is 406 g/mol. The number of halogens is 1. The second-order valence-electron chi connectivity index (χ2n) is 6.03. The second kappa shape index (κ2) is 7.99. The van der Waals surface area contributed by atoms with Crippen LogP contribution in [0, 0.1) is 0 Å². The summed E-state index contributed by atoms with van der Waals surface area (Å²) in [7, 11) is 0. The van der Waals surface area contributed by atoms with Crippen molar-refractivity contribution in [1.82, 2.24) is 30.4 Å². The highest BCUT2D eigenvalue weighted by Crippen LogP contribution is 2.19. The fourth-order valence-corrected chi connectivity index (χ4v) is 2.95. The van der Waals surface area contributed by atoms with E-state index in [2.05, 4.69) is 26.0 Å². The lowest BCUT2D eigenvalue weighted by Gasteiger charge is -2.03. The van der Waals surface area contributed by atoms with Crippen molar-refractivity contribution in [3.63, 3.8) is 0 Å². The summed E-state index contributed by atoms with van der Waals surface area (Å²) < 4.78 is 1.75. The van der Waals surface area contributed by atoms with E-state index in [4.69, 9.17) is 11.6 Å². The van der Waals surface area contributed by atoms with E-state index in [0.717, 1.165) is 5.56 Å². The number of nitrogens with one attached hydrogen (secondary N) is 3. The number of carbonyl (C=O) groups is 2. The number of nitrogens with zero attached hydrogens (tertiary/aromatic N) is 3. The van der Waals surface area contributed by atoms with E-state index >= 15 is 0 Å². The third-order valence-electron chi connectivity index (χ3n) is 4.11. The lowest BCUT2D eigenvalue weighted by molar-refractivity contribution is -0.117. The molecule has 0 aliphatic carbocycles. The molecule has 4 rings (SSSR count). The van der Waals surface area contributed by atoms with Crippen molar-refractivity contribution >= 4 is 35.1 Å². The molecule has 3 N–H and O–H groups in total. The number of imidazole rings is 1. The van der Waals surface area contributed by atoms with Gasteiger partial charge in [-0.1, -0.05) is 48.0 Å². The summed E-state index contributed by atoms with van der Waals surface area (Å²) in [5, 5.41) is 7.03. The number of hydrogen-bond acceptors (Lipinski definition) is 4. The standard InChI is InChI=1S/C20H15ClN6O2/c21-19-16(27-11-5-4-8-17(27)22-19)9-10-18(28)25-26-20(29)15-12-14(23-24-15)13-6-2-1-3-7-13/h1-12H,(H,23,24)(H,25,28)(H,26,29)/b10-9+. The molecule has 8 nitrogen and oxygen atoms in total. The maximum Gasteiger partial charge on any atom is 0.287 e. The zero-order valence-corrected chi connectivity index (χ0v) is 15.7. The highest BCUT2D eigenvalue weighted by Gasteiger charge is 2.12. The Kier molecular flexibility index (Phi) is 5.08. The van der Waals surface area contributed by atoms with Gasteiger partial charge >= 0.3 is 0 Å². The van der Waals surface area contributed by atoms with E-state index < -0.39 is 11.8 Å². The molecule has 0 saturated carbocycles. The summed E-state index contributed by atoms with van der Waals surface area (Å²) in [6.07, 6.45) is 4.56. The quantitative estimate of drug-likeness (QED) is 0.358. The van der Waals surface area contributed by atoms with Crippen molar-refractivity contribution in [3.05, 3.63) is 83.4 Å². The third-order valence-corrected chi connectivity index (χ3v) is 4.38. The SMILES string of the molecule is O=C(/C=C/c1c(Cl)nc2ccccn12)NNC(=O)c1cc(-c2ccccc2)n[nH]1. The minimum Gasteiger partial charge on any atom is -0.299 e. The first kappa shape index (κ1) is 18.5. The van der Waals surface area contributed by atoms with Gasteiger partial charge in [-0.15, -0.1) is 0 Å². The number of amides is 2. The van der Waals surface area contributed by atoms with Gasteiger partial charge in [0.25, 0.3) is 11.8 Å². The summed E-state index contributed by atoms with van der Waals surface area (Å²) in [4.78, 5) is 28.4. The van der Waals surface area contributed by atoms with Crippen LogP contribution in [0.4, 0.5) is 0 Å². The zero-order valence-electron chi connectivity index (χ0n) is 15.0. The van der Waals surface area contributed by atoms with Gasteiger partial charge in [-0.2, -0.15) is 5.10 Å². The van der Waals surface area contributed by atoms with E-state index in [9.17, 15) is 9.59 Å². The Bertz CT molecular complexity index is 1210. The molecule has 0 radical (unpaired) electrons. The number of pyridine rings is 1. The highest BCUT2D eigenvalue weighted by molar-refractivity contribution is 6.31. The Morgan fingerprint density at radius 1 is 1.07 bits per heavy atom. The smallest absolute Gasteiger partial charge is 0.287 e. The minimum atomic E-state index is -0.525. The topological polar surface area (TPSA) is 104 Å². The van der Waals surface area contributed by atoms with Gasteiger partial charge in [-0.05, 0) is 24.3 Å². The van der Waals surface area contributed by atoms with Gasteiger partial charge in [0, 0.05) is 17.8 Å². The summed E-state index contributed by atoms with van der Waals surface area (Å²) >= 11 is 6.12. The van der Waals surface area contributed by atoms with Crippen LogP contribution in [0.3, 0.4) is 0 Å². The van der Waals surface area contributed by atoms with Crippen LogP contribution in [0.15, 0.2) is 66.9 Å². The second-order valence-corrected chi connectivity index (χ2v) is 6.38.